The summed E-state index contributed by atoms with van der Waals surface area (Å²) in [6.07, 6.45) is 0. The second-order valence-corrected chi connectivity index (χ2v) is 4.14. The smallest absolute Gasteiger partial charge is 0.181 e. The summed E-state index contributed by atoms with van der Waals surface area (Å²) in [5.41, 5.74) is 0.403. The predicted octanol–water partition coefficient (Wildman–Crippen LogP) is 4.42. The van der Waals surface area contributed by atoms with Gasteiger partial charge in [0.25, 0.3) is 0 Å². The van der Waals surface area contributed by atoms with Crippen molar-refractivity contribution in [2.24, 2.45) is 0 Å². The number of rotatable bonds is 3. The maximum atomic E-state index is 13.4. The van der Waals surface area contributed by atoms with Crippen molar-refractivity contribution in [1.82, 2.24) is 0 Å². The largest absolute Gasteiger partial charge is 0.376 e. The van der Waals surface area contributed by atoms with Crippen LogP contribution in [0.15, 0.2) is 36.4 Å². The average molecular weight is 269 g/mol. The fraction of sp³-hybridized carbons (Fsp3) is 0.143. The standard InChI is InChI=1S/C14H11F4N/c1-8(9-5-6-10(15)12(17)7-9)19-13-4-2-3-11(16)14(13)18/h2-8,19H,1H3. The molecule has 2 rings (SSSR count). The summed E-state index contributed by atoms with van der Waals surface area (Å²) >= 11 is 0. The number of hydrogen-bond acceptors (Lipinski definition) is 1. The Hall–Kier alpha value is -2.04. The molecule has 0 saturated heterocycles. The second-order valence-electron chi connectivity index (χ2n) is 4.14. The van der Waals surface area contributed by atoms with Crippen LogP contribution in [0.2, 0.25) is 0 Å². The highest BCUT2D eigenvalue weighted by atomic mass is 19.2. The van der Waals surface area contributed by atoms with Gasteiger partial charge in [-0.3, -0.25) is 0 Å². The van der Waals surface area contributed by atoms with E-state index in [-0.39, 0.29) is 5.69 Å². The molecule has 0 spiro atoms. The van der Waals surface area contributed by atoms with Gasteiger partial charge in [-0.2, -0.15) is 0 Å². The van der Waals surface area contributed by atoms with Crippen LogP contribution in [0.5, 0.6) is 0 Å². The fourth-order valence-electron chi connectivity index (χ4n) is 1.71. The molecule has 0 aliphatic heterocycles. The zero-order valence-electron chi connectivity index (χ0n) is 10.1. The summed E-state index contributed by atoms with van der Waals surface area (Å²) < 4.78 is 52.4. The lowest BCUT2D eigenvalue weighted by Crippen LogP contribution is -2.09. The normalized spacial score (nSPS) is 12.3. The lowest BCUT2D eigenvalue weighted by Gasteiger charge is -2.16. The van der Waals surface area contributed by atoms with Crippen LogP contribution in [0.4, 0.5) is 23.2 Å². The monoisotopic (exact) mass is 269 g/mol. The Labute approximate surface area is 107 Å². The molecule has 19 heavy (non-hydrogen) atoms. The molecule has 2 aromatic carbocycles. The minimum Gasteiger partial charge on any atom is -0.376 e. The Kier molecular flexibility index (Phi) is 3.74. The third-order valence-electron chi connectivity index (χ3n) is 2.77. The van der Waals surface area contributed by atoms with Gasteiger partial charge >= 0.3 is 0 Å². The van der Waals surface area contributed by atoms with E-state index in [4.69, 9.17) is 0 Å². The van der Waals surface area contributed by atoms with Crippen LogP contribution < -0.4 is 5.32 Å². The number of halogens is 4. The predicted molar refractivity (Wildman–Crippen MR) is 64.8 cm³/mol. The molecule has 100 valence electrons. The summed E-state index contributed by atoms with van der Waals surface area (Å²) in [5, 5.41) is 2.71. The van der Waals surface area contributed by atoms with E-state index < -0.39 is 29.3 Å². The minimum atomic E-state index is -1.00. The molecule has 5 heteroatoms. The zero-order chi connectivity index (χ0) is 14.0. The molecule has 0 fully saturated rings. The van der Waals surface area contributed by atoms with E-state index in [1.165, 1.54) is 18.2 Å². The number of benzene rings is 2. The highest BCUT2D eigenvalue weighted by Gasteiger charge is 2.13. The summed E-state index contributed by atoms with van der Waals surface area (Å²) in [7, 11) is 0. The quantitative estimate of drug-likeness (QED) is 0.813. The van der Waals surface area contributed by atoms with Gasteiger partial charge in [0.1, 0.15) is 0 Å². The zero-order valence-corrected chi connectivity index (χ0v) is 10.1. The molecular weight excluding hydrogens is 258 g/mol. The Morgan fingerprint density at radius 3 is 2.32 bits per heavy atom. The number of hydrogen-bond donors (Lipinski definition) is 1. The molecule has 0 bridgehead atoms. The van der Waals surface area contributed by atoms with Gasteiger partial charge in [-0.05, 0) is 36.8 Å². The molecule has 1 atom stereocenters. The van der Waals surface area contributed by atoms with Gasteiger partial charge < -0.3 is 5.32 Å². The molecule has 2 aromatic rings. The topological polar surface area (TPSA) is 12.0 Å². The summed E-state index contributed by atoms with van der Waals surface area (Å²) in [4.78, 5) is 0. The van der Waals surface area contributed by atoms with E-state index in [9.17, 15) is 17.6 Å². The maximum absolute atomic E-state index is 13.4. The van der Waals surface area contributed by atoms with Crippen LogP contribution in [0.1, 0.15) is 18.5 Å². The van der Waals surface area contributed by atoms with Crippen LogP contribution in [-0.4, -0.2) is 0 Å². The van der Waals surface area contributed by atoms with Crippen molar-refractivity contribution in [2.45, 2.75) is 13.0 Å². The molecule has 0 amide bonds. The van der Waals surface area contributed by atoms with Crippen LogP contribution >= 0.6 is 0 Å². The molecule has 0 saturated carbocycles. The summed E-state index contributed by atoms with van der Waals surface area (Å²) in [5.74, 6) is -3.90. The van der Waals surface area contributed by atoms with Crippen molar-refractivity contribution in [3.8, 4) is 0 Å². The van der Waals surface area contributed by atoms with Gasteiger partial charge in [-0.25, -0.2) is 17.6 Å². The first-order valence-electron chi connectivity index (χ1n) is 5.64. The number of nitrogens with one attached hydrogen (secondary N) is 1. The average Bonchev–Trinajstić information content (AvgIpc) is 2.38. The van der Waals surface area contributed by atoms with Crippen molar-refractivity contribution in [3.63, 3.8) is 0 Å². The maximum Gasteiger partial charge on any atom is 0.181 e. The molecule has 0 radical (unpaired) electrons. The first kappa shape index (κ1) is 13.4. The molecular formula is C14H11F4N. The first-order chi connectivity index (χ1) is 8.99. The Morgan fingerprint density at radius 1 is 0.895 bits per heavy atom. The van der Waals surface area contributed by atoms with Gasteiger partial charge in [0.15, 0.2) is 23.3 Å². The molecule has 0 aromatic heterocycles. The van der Waals surface area contributed by atoms with Crippen molar-refractivity contribution in [1.29, 1.82) is 0 Å². The van der Waals surface area contributed by atoms with E-state index >= 15 is 0 Å². The lowest BCUT2D eigenvalue weighted by molar-refractivity contribution is 0.505. The Balaban J connectivity index is 2.23. The van der Waals surface area contributed by atoms with Gasteiger partial charge in [-0.1, -0.05) is 12.1 Å². The van der Waals surface area contributed by atoms with Crippen LogP contribution in [-0.2, 0) is 0 Å². The molecule has 0 aliphatic carbocycles. The molecule has 1 unspecified atom stereocenters. The molecule has 1 N–H and O–H groups in total. The van der Waals surface area contributed by atoms with Crippen molar-refractivity contribution in [3.05, 3.63) is 65.2 Å². The van der Waals surface area contributed by atoms with E-state index in [1.54, 1.807) is 6.92 Å². The van der Waals surface area contributed by atoms with E-state index in [2.05, 4.69) is 5.32 Å². The van der Waals surface area contributed by atoms with Crippen LogP contribution in [0, 0.1) is 23.3 Å². The third-order valence-corrected chi connectivity index (χ3v) is 2.77. The summed E-state index contributed by atoms with van der Waals surface area (Å²) in [6, 6.07) is 6.63. The highest BCUT2D eigenvalue weighted by molar-refractivity contribution is 5.47. The van der Waals surface area contributed by atoms with Gasteiger partial charge in [0.2, 0.25) is 0 Å². The Bertz CT molecular complexity index is 598. The first-order valence-corrected chi connectivity index (χ1v) is 5.64. The molecule has 1 nitrogen and oxygen atoms in total. The van der Waals surface area contributed by atoms with Crippen LogP contribution in [0.3, 0.4) is 0 Å². The van der Waals surface area contributed by atoms with Crippen LogP contribution in [0.25, 0.3) is 0 Å². The van der Waals surface area contributed by atoms with Crippen molar-refractivity contribution >= 4 is 5.69 Å². The van der Waals surface area contributed by atoms with E-state index in [0.717, 1.165) is 18.2 Å². The molecule has 0 aliphatic rings. The van der Waals surface area contributed by atoms with Gasteiger partial charge in [-0.15, -0.1) is 0 Å². The second kappa shape index (κ2) is 5.30. The summed E-state index contributed by atoms with van der Waals surface area (Å²) in [6.45, 7) is 1.64. The van der Waals surface area contributed by atoms with E-state index in [1.807, 2.05) is 0 Å². The van der Waals surface area contributed by atoms with Crippen molar-refractivity contribution in [2.75, 3.05) is 5.32 Å². The third kappa shape index (κ3) is 2.86. The van der Waals surface area contributed by atoms with Crippen molar-refractivity contribution < 1.29 is 17.6 Å². The minimum absolute atomic E-state index is 0.0303. The highest BCUT2D eigenvalue weighted by Crippen LogP contribution is 2.24. The lowest BCUT2D eigenvalue weighted by atomic mass is 10.1. The SMILES string of the molecule is CC(Nc1cccc(F)c1F)c1ccc(F)c(F)c1. The van der Waals surface area contributed by atoms with E-state index in [0.29, 0.717) is 5.56 Å². The fourth-order valence-corrected chi connectivity index (χ4v) is 1.71. The van der Waals surface area contributed by atoms with Gasteiger partial charge in [0.05, 0.1) is 5.69 Å². The molecule has 0 heterocycles. The Morgan fingerprint density at radius 2 is 1.63 bits per heavy atom. The number of anilines is 1. The van der Waals surface area contributed by atoms with Gasteiger partial charge in [0, 0.05) is 6.04 Å².